The van der Waals surface area contributed by atoms with E-state index in [0.717, 1.165) is 0 Å². The lowest BCUT2D eigenvalue weighted by Gasteiger charge is -2.18. The predicted octanol–water partition coefficient (Wildman–Crippen LogP) is 4.31. The summed E-state index contributed by atoms with van der Waals surface area (Å²) < 4.78 is 16.1. The van der Waals surface area contributed by atoms with E-state index in [-0.39, 0.29) is 24.8 Å². The summed E-state index contributed by atoms with van der Waals surface area (Å²) in [5, 5.41) is 2.81. The summed E-state index contributed by atoms with van der Waals surface area (Å²) in [6.45, 7) is 1.58. The molecular weight excluding hydrogens is 422 g/mol. The minimum Gasteiger partial charge on any atom is -0.496 e. The molecule has 0 saturated carbocycles. The van der Waals surface area contributed by atoms with Gasteiger partial charge in [-0.05, 0) is 49.2 Å². The van der Waals surface area contributed by atoms with Crippen LogP contribution in [0, 0.1) is 5.92 Å². The minimum atomic E-state index is -1.05. The average molecular weight is 445 g/mol. The number of carbonyl (C=O) groups excluding carboxylic acids is 3. The molecule has 1 aliphatic heterocycles. The predicted molar refractivity (Wildman–Crippen MR) is 122 cm³/mol. The monoisotopic (exact) mass is 445 g/mol. The molecule has 33 heavy (non-hydrogen) atoms. The second-order valence-electron chi connectivity index (χ2n) is 7.63. The first-order chi connectivity index (χ1) is 16.0. The zero-order valence-corrected chi connectivity index (χ0v) is 18.3. The molecule has 0 aliphatic carbocycles. The van der Waals surface area contributed by atoms with Crippen molar-refractivity contribution in [3.63, 3.8) is 0 Å². The van der Waals surface area contributed by atoms with Gasteiger partial charge >= 0.3 is 0 Å². The molecule has 0 bridgehead atoms. The van der Waals surface area contributed by atoms with Crippen molar-refractivity contribution in [1.29, 1.82) is 0 Å². The number of ketones is 2. The lowest BCUT2D eigenvalue weighted by molar-refractivity contribution is -0.118. The number of Topliss-reactive ketones (excluding diaryl/α,β-unsaturated/α-hetero) is 2. The topological polar surface area (TPSA) is 90.9 Å². The zero-order chi connectivity index (χ0) is 23.4. The standard InChI is InChI=1S/C26H23NO6/c1-16(28)18-8-10-22(31-2)19(12-18)13-21(25(29)17-6-4-3-5-7-17)26(30)27-20-9-11-23-24(14-20)33-15-32-23/h3-12,14,21H,13,15H2,1-2H3,(H,27,30)/t21-/m1/s1. The van der Waals surface area contributed by atoms with Crippen molar-refractivity contribution in [2.75, 3.05) is 19.2 Å². The third-order valence-corrected chi connectivity index (χ3v) is 5.44. The molecule has 1 atom stereocenters. The van der Waals surface area contributed by atoms with Crippen LogP contribution in [0.25, 0.3) is 0 Å². The molecular formula is C26H23NO6. The van der Waals surface area contributed by atoms with Gasteiger partial charge in [0.1, 0.15) is 11.7 Å². The van der Waals surface area contributed by atoms with Crippen LogP contribution >= 0.6 is 0 Å². The van der Waals surface area contributed by atoms with Gasteiger partial charge in [0.25, 0.3) is 0 Å². The molecule has 1 N–H and O–H groups in total. The number of anilines is 1. The van der Waals surface area contributed by atoms with E-state index in [1.54, 1.807) is 66.7 Å². The van der Waals surface area contributed by atoms with Crippen molar-refractivity contribution < 1.29 is 28.6 Å². The molecule has 3 aromatic rings. The number of fused-ring (bicyclic) bond motifs is 1. The third kappa shape index (κ3) is 4.87. The van der Waals surface area contributed by atoms with Crippen molar-refractivity contribution in [2.24, 2.45) is 5.92 Å². The maximum absolute atomic E-state index is 13.4. The van der Waals surface area contributed by atoms with Crippen molar-refractivity contribution >= 4 is 23.2 Å². The maximum Gasteiger partial charge on any atom is 0.235 e. The van der Waals surface area contributed by atoms with Crippen LogP contribution in [0.2, 0.25) is 0 Å². The fourth-order valence-corrected chi connectivity index (χ4v) is 3.69. The lowest BCUT2D eigenvalue weighted by atomic mass is 9.89. The van der Waals surface area contributed by atoms with Gasteiger partial charge in [-0.25, -0.2) is 0 Å². The molecule has 0 aromatic heterocycles. The number of hydrogen-bond acceptors (Lipinski definition) is 6. The van der Waals surface area contributed by atoms with E-state index >= 15 is 0 Å². The largest absolute Gasteiger partial charge is 0.496 e. The highest BCUT2D eigenvalue weighted by molar-refractivity contribution is 6.14. The molecule has 1 heterocycles. The van der Waals surface area contributed by atoms with Crippen LogP contribution in [0.3, 0.4) is 0 Å². The van der Waals surface area contributed by atoms with Crippen molar-refractivity contribution in [3.8, 4) is 17.2 Å². The van der Waals surface area contributed by atoms with Crippen LogP contribution < -0.4 is 19.5 Å². The van der Waals surface area contributed by atoms with Crippen molar-refractivity contribution in [1.82, 2.24) is 0 Å². The van der Waals surface area contributed by atoms with Crippen LogP contribution in [-0.2, 0) is 11.2 Å². The normalized spacial score (nSPS) is 12.7. The first kappa shape index (κ1) is 22.1. The highest BCUT2D eigenvalue weighted by Crippen LogP contribution is 2.34. The molecule has 1 aliphatic rings. The van der Waals surface area contributed by atoms with E-state index in [0.29, 0.717) is 39.6 Å². The van der Waals surface area contributed by atoms with Gasteiger partial charge in [0.2, 0.25) is 12.7 Å². The molecule has 0 radical (unpaired) electrons. The summed E-state index contributed by atoms with van der Waals surface area (Å²) in [5.74, 6) is -0.349. The average Bonchev–Trinajstić information content (AvgIpc) is 3.30. The molecule has 1 amide bonds. The summed E-state index contributed by atoms with van der Waals surface area (Å²) in [5.41, 5.74) is 1.98. The summed E-state index contributed by atoms with van der Waals surface area (Å²) >= 11 is 0. The van der Waals surface area contributed by atoms with E-state index < -0.39 is 11.8 Å². The number of methoxy groups -OCH3 is 1. The Labute approximate surface area is 191 Å². The first-order valence-corrected chi connectivity index (χ1v) is 10.4. The quantitative estimate of drug-likeness (QED) is 0.411. The van der Waals surface area contributed by atoms with Gasteiger partial charge in [-0.1, -0.05) is 30.3 Å². The summed E-state index contributed by atoms with van der Waals surface area (Å²) in [6, 6.07) is 18.7. The molecule has 7 heteroatoms. The van der Waals surface area contributed by atoms with Crippen molar-refractivity contribution in [3.05, 3.63) is 83.4 Å². The SMILES string of the molecule is COc1ccc(C(C)=O)cc1C[C@@H](C(=O)Nc1ccc2c(c1)OCO2)C(=O)c1ccccc1. The Balaban J connectivity index is 1.66. The third-order valence-electron chi connectivity index (χ3n) is 5.44. The molecule has 0 saturated heterocycles. The van der Waals surface area contributed by atoms with Gasteiger partial charge < -0.3 is 19.5 Å². The lowest BCUT2D eigenvalue weighted by Crippen LogP contribution is -2.32. The molecule has 0 spiro atoms. The van der Waals surface area contributed by atoms with Crippen LogP contribution in [0.15, 0.2) is 66.7 Å². The number of hydrogen-bond donors (Lipinski definition) is 1. The molecule has 168 valence electrons. The van der Waals surface area contributed by atoms with Gasteiger partial charge in [0.15, 0.2) is 23.1 Å². The number of amides is 1. The molecule has 0 unspecified atom stereocenters. The molecule has 4 rings (SSSR count). The Bertz CT molecular complexity index is 1200. The van der Waals surface area contributed by atoms with Gasteiger partial charge in [-0.3, -0.25) is 14.4 Å². The Morgan fingerprint density at radius 2 is 1.70 bits per heavy atom. The number of carbonyl (C=O) groups is 3. The minimum absolute atomic E-state index is 0.0639. The van der Waals surface area contributed by atoms with Gasteiger partial charge in [0.05, 0.1) is 7.11 Å². The number of benzene rings is 3. The summed E-state index contributed by atoms with van der Waals surface area (Å²) in [6.07, 6.45) is 0.0639. The number of ether oxygens (including phenoxy) is 3. The molecule has 0 fully saturated rings. The smallest absolute Gasteiger partial charge is 0.235 e. The van der Waals surface area contributed by atoms with E-state index in [9.17, 15) is 14.4 Å². The zero-order valence-electron chi connectivity index (χ0n) is 18.3. The Hall–Kier alpha value is -4.13. The fourth-order valence-electron chi connectivity index (χ4n) is 3.69. The van der Waals surface area contributed by atoms with Crippen LogP contribution in [0.5, 0.6) is 17.2 Å². The van der Waals surface area contributed by atoms with E-state index in [2.05, 4.69) is 5.32 Å². The van der Waals surface area contributed by atoms with E-state index in [1.807, 2.05) is 0 Å². The highest BCUT2D eigenvalue weighted by atomic mass is 16.7. The van der Waals surface area contributed by atoms with E-state index in [1.165, 1.54) is 14.0 Å². The maximum atomic E-state index is 13.4. The van der Waals surface area contributed by atoms with Crippen LogP contribution in [0.4, 0.5) is 5.69 Å². The van der Waals surface area contributed by atoms with Crippen molar-refractivity contribution in [2.45, 2.75) is 13.3 Å². The second kappa shape index (κ2) is 9.56. The van der Waals surface area contributed by atoms with Gasteiger partial charge in [-0.2, -0.15) is 0 Å². The van der Waals surface area contributed by atoms with Gasteiger partial charge in [0, 0.05) is 22.9 Å². The number of nitrogens with one attached hydrogen (secondary N) is 1. The van der Waals surface area contributed by atoms with Crippen LogP contribution in [-0.4, -0.2) is 31.4 Å². The van der Waals surface area contributed by atoms with E-state index in [4.69, 9.17) is 14.2 Å². The Morgan fingerprint density at radius 1 is 0.939 bits per heavy atom. The summed E-state index contributed by atoms with van der Waals surface area (Å²) in [4.78, 5) is 38.6. The molecule has 3 aromatic carbocycles. The summed E-state index contributed by atoms with van der Waals surface area (Å²) in [7, 11) is 1.51. The fraction of sp³-hybridized carbons (Fsp3) is 0.192. The van der Waals surface area contributed by atoms with Gasteiger partial charge in [-0.15, -0.1) is 0 Å². The second-order valence-corrected chi connectivity index (χ2v) is 7.63. The van der Waals surface area contributed by atoms with Crippen LogP contribution in [0.1, 0.15) is 33.2 Å². The Morgan fingerprint density at radius 3 is 2.42 bits per heavy atom. The highest BCUT2D eigenvalue weighted by Gasteiger charge is 2.30. The molecule has 7 nitrogen and oxygen atoms in total. The number of rotatable bonds is 8. The first-order valence-electron chi connectivity index (χ1n) is 10.4. The Kier molecular flexibility index (Phi) is 6.40.